The standard InChI is InChI=1S/C29H37ClN2O7/c1-18(22-14-23(37-3)24(20-10-11-20)26(38-4)25(22)30)32(12-13-39-17-19-8-6-5-7-9-19)28(35)31-29(27(33)34)15-21(16-29)36-2/h5-9,14,18,20-21H,10-13,15-17H2,1-4H3,(H,31,35)(H,33,34)/t18-,21-,29+/m1/s1. The van der Waals surface area contributed by atoms with E-state index in [-0.39, 0.29) is 32.1 Å². The molecule has 10 heteroatoms. The quantitative estimate of drug-likeness (QED) is 0.326. The molecule has 2 fully saturated rings. The molecular formula is C29H37ClN2O7. The number of urea groups is 1. The van der Waals surface area contributed by atoms with Crippen LogP contribution in [0, 0.1) is 0 Å². The second-order valence-corrected chi connectivity index (χ2v) is 10.6. The molecule has 9 nitrogen and oxygen atoms in total. The summed E-state index contributed by atoms with van der Waals surface area (Å²) in [6, 6.07) is 10.5. The summed E-state index contributed by atoms with van der Waals surface area (Å²) in [4.78, 5) is 27.4. The minimum Gasteiger partial charge on any atom is -0.496 e. The first kappa shape index (κ1) is 29.0. The zero-order chi connectivity index (χ0) is 28.2. The molecule has 0 spiro atoms. The van der Waals surface area contributed by atoms with Gasteiger partial charge >= 0.3 is 12.0 Å². The van der Waals surface area contributed by atoms with Gasteiger partial charge in [-0.1, -0.05) is 41.9 Å². The minimum atomic E-state index is -1.39. The maximum absolute atomic E-state index is 13.7. The molecule has 1 atom stereocenters. The monoisotopic (exact) mass is 560 g/mol. The molecule has 39 heavy (non-hydrogen) atoms. The van der Waals surface area contributed by atoms with Crippen molar-refractivity contribution in [3.63, 3.8) is 0 Å². The van der Waals surface area contributed by atoms with Crippen LogP contribution in [0.1, 0.15) is 61.3 Å². The SMILES string of the molecule is COc1cc([C@@H](C)N(CCOCc2ccccc2)C(=O)N[C@]2(C(=O)O)C[C@H](OC)C2)c(Cl)c(OC)c1C1CC1. The highest BCUT2D eigenvalue weighted by Gasteiger charge is 2.52. The molecule has 2 aliphatic carbocycles. The number of methoxy groups -OCH3 is 3. The fraction of sp³-hybridized carbons (Fsp3) is 0.517. The zero-order valence-corrected chi connectivity index (χ0v) is 23.6. The predicted octanol–water partition coefficient (Wildman–Crippen LogP) is 5.16. The Kier molecular flexibility index (Phi) is 9.25. The van der Waals surface area contributed by atoms with Crippen LogP contribution < -0.4 is 14.8 Å². The van der Waals surface area contributed by atoms with E-state index in [1.54, 1.807) is 19.1 Å². The van der Waals surface area contributed by atoms with E-state index in [9.17, 15) is 14.7 Å². The Morgan fingerprint density at radius 1 is 1.15 bits per heavy atom. The van der Waals surface area contributed by atoms with Crippen molar-refractivity contribution >= 4 is 23.6 Å². The maximum atomic E-state index is 13.7. The van der Waals surface area contributed by atoms with Crippen molar-refractivity contribution in [2.75, 3.05) is 34.5 Å². The van der Waals surface area contributed by atoms with Gasteiger partial charge < -0.3 is 34.3 Å². The number of carbonyl (C=O) groups is 2. The van der Waals surface area contributed by atoms with E-state index in [2.05, 4.69) is 5.32 Å². The summed E-state index contributed by atoms with van der Waals surface area (Å²) in [5.74, 6) is 0.438. The van der Waals surface area contributed by atoms with Crippen molar-refractivity contribution in [2.24, 2.45) is 0 Å². The lowest BCUT2D eigenvalue weighted by molar-refractivity contribution is -0.155. The lowest BCUT2D eigenvalue weighted by atomic mass is 9.74. The smallest absolute Gasteiger partial charge is 0.329 e. The van der Waals surface area contributed by atoms with E-state index in [1.165, 1.54) is 7.11 Å². The molecule has 2 saturated carbocycles. The molecule has 4 rings (SSSR count). The molecule has 2 aliphatic rings. The second kappa shape index (κ2) is 12.4. The van der Waals surface area contributed by atoms with Crippen molar-refractivity contribution in [3.8, 4) is 11.5 Å². The van der Waals surface area contributed by atoms with Gasteiger partial charge in [0.05, 0.1) is 44.6 Å². The van der Waals surface area contributed by atoms with Gasteiger partial charge in [0.25, 0.3) is 0 Å². The first-order valence-corrected chi connectivity index (χ1v) is 13.5. The number of ether oxygens (including phenoxy) is 4. The second-order valence-electron chi connectivity index (χ2n) is 10.2. The Morgan fingerprint density at radius 2 is 1.85 bits per heavy atom. The Morgan fingerprint density at radius 3 is 2.41 bits per heavy atom. The Labute approximate surface area is 234 Å². The van der Waals surface area contributed by atoms with Crippen molar-refractivity contribution in [3.05, 3.63) is 58.1 Å². The molecule has 0 unspecified atom stereocenters. The van der Waals surface area contributed by atoms with Crippen LogP contribution in [-0.2, 0) is 20.9 Å². The molecule has 0 aromatic heterocycles. The lowest BCUT2D eigenvalue weighted by Gasteiger charge is -2.45. The van der Waals surface area contributed by atoms with Crippen molar-refractivity contribution in [1.29, 1.82) is 0 Å². The van der Waals surface area contributed by atoms with Gasteiger partial charge in [0.15, 0.2) is 0 Å². The van der Waals surface area contributed by atoms with E-state index in [1.807, 2.05) is 43.3 Å². The van der Waals surface area contributed by atoms with Crippen LogP contribution in [-0.4, -0.2) is 68.1 Å². The van der Waals surface area contributed by atoms with E-state index in [4.69, 9.17) is 30.5 Å². The predicted molar refractivity (Wildman–Crippen MR) is 147 cm³/mol. The third-order valence-corrected chi connectivity index (χ3v) is 8.06. The summed E-state index contributed by atoms with van der Waals surface area (Å²) in [6.07, 6.45) is 2.22. The average Bonchev–Trinajstić information content (AvgIpc) is 3.75. The third kappa shape index (κ3) is 6.26. The van der Waals surface area contributed by atoms with E-state index in [0.717, 1.165) is 24.0 Å². The normalized spacial score (nSPS) is 21.0. The Bertz CT molecular complexity index is 1170. The summed E-state index contributed by atoms with van der Waals surface area (Å²) >= 11 is 6.88. The van der Waals surface area contributed by atoms with Crippen LogP contribution in [0.3, 0.4) is 0 Å². The molecule has 2 amide bonds. The summed E-state index contributed by atoms with van der Waals surface area (Å²) < 4.78 is 22.6. The minimum absolute atomic E-state index is 0.190. The first-order valence-electron chi connectivity index (χ1n) is 13.2. The molecule has 2 aromatic carbocycles. The van der Waals surface area contributed by atoms with Crippen LogP contribution in [0.4, 0.5) is 4.79 Å². The van der Waals surface area contributed by atoms with Crippen molar-refractivity contribution in [2.45, 2.75) is 62.8 Å². The topological polar surface area (TPSA) is 107 Å². The number of rotatable bonds is 13. The number of nitrogens with zero attached hydrogens (tertiary/aromatic N) is 1. The molecule has 212 valence electrons. The van der Waals surface area contributed by atoms with Crippen molar-refractivity contribution in [1.82, 2.24) is 10.2 Å². The van der Waals surface area contributed by atoms with E-state index >= 15 is 0 Å². The Hall–Kier alpha value is -3.01. The highest BCUT2D eigenvalue weighted by Crippen LogP contribution is 2.53. The van der Waals surface area contributed by atoms with Gasteiger partial charge in [-0.05, 0) is 37.3 Å². The van der Waals surface area contributed by atoms with Gasteiger partial charge in [-0.3, -0.25) is 0 Å². The molecule has 0 heterocycles. The van der Waals surface area contributed by atoms with Gasteiger partial charge in [0.2, 0.25) is 0 Å². The number of carbonyl (C=O) groups excluding carboxylic acids is 1. The number of aliphatic carboxylic acids is 1. The van der Waals surface area contributed by atoms with Crippen LogP contribution in [0.2, 0.25) is 5.02 Å². The number of halogens is 1. The van der Waals surface area contributed by atoms with Crippen LogP contribution >= 0.6 is 11.6 Å². The molecule has 0 saturated heterocycles. The maximum Gasteiger partial charge on any atom is 0.329 e. The summed E-state index contributed by atoms with van der Waals surface area (Å²) in [6.45, 7) is 2.67. The molecule has 0 radical (unpaired) electrons. The fourth-order valence-corrected chi connectivity index (χ4v) is 5.52. The first-order chi connectivity index (χ1) is 18.7. The highest BCUT2D eigenvalue weighted by atomic mass is 35.5. The van der Waals surface area contributed by atoms with Crippen LogP contribution in [0.5, 0.6) is 11.5 Å². The number of amides is 2. The van der Waals surface area contributed by atoms with Crippen LogP contribution in [0.25, 0.3) is 0 Å². The van der Waals surface area contributed by atoms with Gasteiger partial charge in [-0.25, -0.2) is 9.59 Å². The number of hydrogen-bond donors (Lipinski definition) is 2. The largest absolute Gasteiger partial charge is 0.496 e. The average molecular weight is 561 g/mol. The number of benzene rings is 2. The molecule has 2 N–H and O–H groups in total. The van der Waals surface area contributed by atoms with Crippen LogP contribution in [0.15, 0.2) is 36.4 Å². The summed E-state index contributed by atoms with van der Waals surface area (Å²) in [5, 5.41) is 13.1. The number of carboxylic acid groups (broad SMARTS) is 1. The molecular weight excluding hydrogens is 524 g/mol. The third-order valence-electron chi connectivity index (χ3n) is 7.67. The summed E-state index contributed by atoms with van der Waals surface area (Å²) in [7, 11) is 4.71. The number of hydrogen-bond acceptors (Lipinski definition) is 6. The summed E-state index contributed by atoms with van der Waals surface area (Å²) in [5.41, 5.74) is 1.20. The van der Waals surface area contributed by atoms with Gasteiger partial charge in [-0.2, -0.15) is 0 Å². The van der Waals surface area contributed by atoms with E-state index in [0.29, 0.717) is 34.6 Å². The highest BCUT2D eigenvalue weighted by molar-refractivity contribution is 6.33. The van der Waals surface area contributed by atoms with Gasteiger partial charge in [-0.15, -0.1) is 0 Å². The van der Waals surface area contributed by atoms with Crippen molar-refractivity contribution < 1.29 is 33.6 Å². The molecule has 2 aromatic rings. The zero-order valence-electron chi connectivity index (χ0n) is 22.9. The Balaban J connectivity index is 1.59. The number of carboxylic acids is 1. The molecule has 0 bridgehead atoms. The fourth-order valence-electron chi connectivity index (χ4n) is 5.13. The van der Waals surface area contributed by atoms with E-state index < -0.39 is 23.6 Å². The molecule has 0 aliphatic heterocycles. The van der Waals surface area contributed by atoms with Gasteiger partial charge in [0, 0.05) is 37.6 Å². The lowest BCUT2D eigenvalue weighted by Crippen LogP contribution is -2.66. The number of nitrogens with one attached hydrogen (secondary N) is 1. The van der Waals surface area contributed by atoms with Gasteiger partial charge in [0.1, 0.15) is 17.0 Å².